The van der Waals surface area contributed by atoms with Crippen LogP contribution in [0.3, 0.4) is 0 Å². The zero-order valence-corrected chi connectivity index (χ0v) is 13.5. The standard InChI is InChI=1S/C19H19FNO4/c1-14(22)18(25-19(23)16-10-6-3-7-11-16)17(20)12-21-24-13-15-8-4-2-5-9-15/h2-12,14,17-18,22H,1,13H2/t14-,17-,18-/m1/s1. The summed E-state index contributed by atoms with van der Waals surface area (Å²) in [4.78, 5) is 17.0. The predicted molar refractivity (Wildman–Crippen MR) is 91.6 cm³/mol. The molecule has 0 aliphatic heterocycles. The SMILES string of the molecule is [CH2][C@@H](O)[C@@H](OC(=O)c1ccccc1)[C@H](F)C=NOCc1ccccc1. The minimum absolute atomic E-state index is 0.172. The summed E-state index contributed by atoms with van der Waals surface area (Å²) in [5.74, 6) is -0.755. The summed E-state index contributed by atoms with van der Waals surface area (Å²) in [7, 11) is 0. The smallest absolute Gasteiger partial charge is 0.338 e. The van der Waals surface area contributed by atoms with Gasteiger partial charge in [0.15, 0.2) is 12.3 Å². The summed E-state index contributed by atoms with van der Waals surface area (Å²) in [6.45, 7) is 3.49. The average molecular weight is 344 g/mol. The van der Waals surface area contributed by atoms with Crippen molar-refractivity contribution in [2.45, 2.75) is 25.0 Å². The fourth-order valence-electron chi connectivity index (χ4n) is 1.99. The van der Waals surface area contributed by atoms with Crippen molar-refractivity contribution in [1.29, 1.82) is 0 Å². The van der Waals surface area contributed by atoms with Crippen molar-refractivity contribution in [3.8, 4) is 0 Å². The van der Waals surface area contributed by atoms with Gasteiger partial charge >= 0.3 is 5.97 Å². The number of esters is 1. The number of halogens is 1. The molecule has 6 heteroatoms. The quantitative estimate of drug-likeness (QED) is 0.454. The number of benzene rings is 2. The Bertz CT molecular complexity index is 676. The first kappa shape index (κ1) is 18.6. The fourth-order valence-corrected chi connectivity index (χ4v) is 1.99. The first-order chi connectivity index (χ1) is 12.1. The molecular formula is C19H19FNO4. The molecule has 0 bridgehead atoms. The van der Waals surface area contributed by atoms with Crippen LogP contribution in [0.5, 0.6) is 0 Å². The number of nitrogens with zero attached hydrogens (tertiary/aromatic N) is 1. The normalized spacial score (nSPS) is 14.7. The van der Waals surface area contributed by atoms with Gasteiger partial charge in [0.1, 0.15) is 6.61 Å². The van der Waals surface area contributed by atoms with Crippen molar-refractivity contribution in [2.24, 2.45) is 5.16 Å². The molecule has 0 aliphatic carbocycles. The van der Waals surface area contributed by atoms with E-state index in [1.807, 2.05) is 30.3 Å². The highest BCUT2D eigenvalue weighted by molar-refractivity contribution is 5.89. The lowest BCUT2D eigenvalue weighted by atomic mass is 10.1. The summed E-state index contributed by atoms with van der Waals surface area (Å²) in [5, 5.41) is 13.1. The van der Waals surface area contributed by atoms with Crippen molar-refractivity contribution >= 4 is 12.2 Å². The highest BCUT2D eigenvalue weighted by Crippen LogP contribution is 2.12. The van der Waals surface area contributed by atoms with Crippen LogP contribution in [-0.2, 0) is 16.2 Å². The van der Waals surface area contributed by atoms with Crippen molar-refractivity contribution in [3.05, 3.63) is 78.7 Å². The summed E-state index contributed by atoms with van der Waals surface area (Å²) in [5.41, 5.74) is 1.12. The van der Waals surface area contributed by atoms with E-state index in [-0.39, 0.29) is 12.2 Å². The van der Waals surface area contributed by atoms with Crippen LogP contribution >= 0.6 is 0 Å². The van der Waals surface area contributed by atoms with Crippen LogP contribution in [0.15, 0.2) is 65.8 Å². The number of aliphatic hydroxyl groups excluding tert-OH is 1. The molecular weight excluding hydrogens is 325 g/mol. The molecule has 0 unspecified atom stereocenters. The van der Waals surface area contributed by atoms with Crippen molar-refractivity contribution < 1.29 is 23.9 Å². The number of carbonyl (C=O) groups excluding carboxylic acids is 1. The Hall–Kier alpha value is -2.73. The molecule has 0 aromatic heterocycles. The Kier molecular flexibility index (Phi) is 7.10. The Morgan fingerprint density at radius 1 is 1.16 bits per heavy atom. The number of hydrogen-bond donors (Lipinski definition) is 1. The van der Waals surface area contributed by atoms with E-state index in [1.54, 1.807) is 18.2 Å². The second-order valence-corrected chi connectivity index (χ2v) is 5.26. The molecule has 0 heterocycles. The van der Waals surface area contributed by atoms with Gasteiger partial charge in [-0.05, 0) is 24.6 Å². The van der Waals surface area contributed by atoms with Crippen molar-refractivity contribution in [3.63, 3.8) is 0 Å². The third kappa shape index (κ3) is 6.00. The molecule has 2 aromatic rings. The minimum Gasteiger partial charge on any atom is -0.452 e. The molecule has 2 rings (SSSR count). The zero-order valence-electron chi connectivity index (χ0n) is 13.5. The lowest BCUT2D eigenvalue weighted by Crippen LogP contribution is -2.38. The van der Waals surface area contributed by atoms with Crippen LogP contribution in [0, 0.1) is 6.92 Å². The second-order valence-electron chi connectivity index (χ2n) is 5.26. The zero-order chi connectivity index (χ0) is 18.1. The van der Waals surface area contributed by atoms with Gasteiger partial charge in [0.25, 0.3) is 0 Å². The molecule has 1 radical (unpaired) electrons. The Labute approximate surface area is 145 Å². The van der Waals surface area contributed by atoms with Gasteiger partial charge in [0.2, 0.25) is 0 Å². The molecule has 3 atom stereocenters. The highest BCUT2D eigenvalue weighted by atomic mass is 19.1. The second kappa shape index (κ2) is 9.54. The van der Waals surface area contributed by atoms with Gasteiger partial charge in [-0.2, -0.15) is 0 Å². The van der Waals surface area contributed by atoms with Crippen LogP contribution in [-0.4, -0.2) is 35.7 Å². The van der Waals surface area contributed by atoms with Crippen LogP contribution < -0.4 is 0 Å². The van der Waals surface area contributed by atoms with Gasteiger partial charge in [-0.15, -0.1) is 0 Å². The number of alkyl halides is 1. The number of rotatable bonds is 8. The maximum atomic E-state index is 14.2. The molecule has 2 aromatic carbocycles. The monoisotopic (exact) mass is 344 g/mol. The van der Waals surface area contributed by atoms with E-state index in [0.717, 1.165) is 11.8 Å². The minimum atomic E-state index is -1.86. The molecule has 25 heavy (non-hydrogen) atoms. The topological polar surface area (TPSA) is 68.1 Å². The van der Waals surface area contributed by atoms with E-state index >= 15 is 0 Å². The van der Waals surface area contributed by atoms with E-state index in [4.69, 9.17) is 9.57 Å². The number of ether oxygens (including phenoxy) is 1. The van der Waals surface area contributed by atoms with E-state index < -0.39 is 24.3 Å². The van der Waals surface area contributed by atoms with Gasteiger partial charge in [-0.25, -0.2) is 9.18 Å². The van der Waals surface area contributed by atoms with Gasteiger partial charge in [-0.3, -0.25) is 0 Å². The maximum Gasteiger partial charge on any atom is 0.338 e. The largest absolute Gasteiger partial charge is 0.452 e. The Morgan fingerprint density at radius 3 is 2.36 bits per heavy atom. The number of aliphatic hydroxyl groups is 1. The van der Waals surface area contributed by atoms with E-state index in [1.165, 1.54) is 12.1 Å². The van der Waals surface area contributed by atoms with Gasteiger partial charge in [0, 0.05) is 0 Å². The van der Waals surface area contributed by atoms with Crippen molar-refractivity contribution in [1.82, 2.24) is 0 Å². The molecule has 0 fully saturated rings. The molecule has 0 amide bonds. The average Bonchev–Trinajstić information content (AvgIpc) is 2.64. The molecule has 0 saturated carbocycles. The van der Waals surface area contributed by atoms with Gasteiger partial charge < -0.3 is 14.7 Å². The summed E-state index contributed by atoms with van der Waals surface area (Å²) >= 11 is 0. The lowest BCUT2D eigenvalue weighted by Gasteiger charge is -2.21. The van der Waals surface area contributed by atoms with E-state index in [9.17, 15) is 14.3 Å². The molecule has 0 saturated heterocycles. The van der Waals surface area contributed by atoms with Crippen LogP contribution in [0.1, 0.15) is 15.9 Å². The van der Waals surface area contributed by atoms with Crippen molar-refractivity contribution in [2.75, 3.05) is 0 Å². The fraction of sp³-hybridized carbons (Fsp3) is 0.211. The Morgan fingerprint density at radius 2 is 1.76 bits per heavy atom. The van der Waals surface area contributed by atoms with E-state index in [2.05, 4.69) is 12.1 Å². The molecule has 5 nitrogen and oxygen atoms in total. The first-order valence-electron chi connectivity index (χ1n) is 7.68. The Balaban J connectivity index is 1.90. The molecule has 131 valence electrons. The molecule has 0 aliphatic rings. The third-order valence-corrected chi connectivity index (χ3v) is 3.30. The van der Waals surface area contributed by atoms with Gasteiger partial charge in [-0.1, -0.05) is 53.7 Å². The van der Waals surface area contributed by atoms with Crippen LogP contribution in [0.2, 0.25) is 0 Å². The summed E-state index contributed by atoms with van der Waals surface area (Å²) < 4.78 is 19.2. The number of oxime groups is 1. The molecule has 1 N–H and O–H groups in total. The third-order valence-electron chi connectivity index (χ3n) is 3.30. The number of hydrogen-bond acceptors (Lipinski definition) is 5. The van der Waals surface area contributed by atoms with Crippen LogP contribution in [0.4, 0.5) is 4.39 Å². The van der Waals surface area contributed by atoms with E-state index in [0.29, 0.717) is 0 Å². The summed E-state index contributed by atoms with van der Waals surface area (Å²) in [6, 6.07) is 17.3. The lowest BCUT2D eigenvalue weighted by molar-refractivity contribution is -0.0234. The first-order valence-corrected chi connectivity index (χ1v) is 7.68. The molecule has 0 spiro atoms. The maximum absolute atomic E-state index is 14.2. The van der Waals surface area contributed by atoms with Gasteiger partial charge in [0.05, 0.1) is 17.9 Å². The highest BCUT2D eigenvalue weighted by Gasteiger charge is 2.29. The van der Waals surface area contributed by atoms with Crippen LogP contribution in [0.25, 0.3) is 0 Å². The predicted octanol–water partition coefficient (Wildman–Crippen LogP) is 2.95. The summed E-state index contributed by atoms with van der Waals surface area (Å²) in [6.07, 6.45) is -3.98. The number of carbonyl (C=O) groups is 1.